The molecular formula is C29H40N8O2. The molecule has 0 bridgehead atoms. The summed E-state index contributed by atoms with van der Waals surface area (Å²) in [7, 11) is 1.87. The third kappa shape index (κ3) is 6.33. The molecule has 10 heteroatoms. The monoisotopic (exact) mass is 532 g/mol. The second-order valence-corrected chi connectivity index (χ2v) is 10.8. The zero-order chi connectivity index (χ0) is 27.4. The Bertz CT molecular complexity index is 1250. The molecule has 5 rings (SSSR count). The van der Waals surface area contributed by atoms with Gasteiger partial charge in [0.05, 0.1) is 13.2 Å². The Hall–Kier alpha value is -3.24. The van der Waals surface area contributed by atoms with Crippen LogP contribution in [0.3, 0.4) is 0 Å². The number of ether oxygens (including phenoxy) is 2. The van der Waals surface area contributed by atoms with E-state index >= 15 is 0 Å². The number of aromatic nitrogens is 6. The fourth-order valence-corrected chi connectivity index (χ4v) is 5.11. The SMILES string of the molecule is CNc1cc(C(C)C)nc(C2CN(c3nccc(C(C)C(C)c4ccnc(C5CCOCC5)n4)n3)CCO2)n1. The lowest BCUT2D eigenvalue weighted by Crippen LogP contribution is -2.40. The van der Waals surface area contributed by atoms with E-state index in [1.54, 1.807) is 0 Å². The van der Waals surface area contributed by atoms with Crippen LogP contribution in [0.2, 0.25) is 0 Å². The molecule has 0 spiro atoms. The highest BCUT2D eigenvalue weighted by molar-refractivity contribution is 5.38. The summed E-state index contributed by atoms with van der Waals surface area (Å²) in [6, 6.07) is 6.04. The van der Waals surface area contributed by atoms with E-state index < -0.39 is 0 Å². The zero-order valence-electron chi connectivity index (χ0n) is 23.7. The second kappa shape index (κ2) is 12.3. The number of hydrogen-bond donors (Lipinski definition) is 1. The Labute approximate surface area is 231 Å². The highest BCUT2D eigenvalue weighted by atomic mass is 16.5. The van der Waals surface area contributed by atoms with Gasteiger partial charge in [-0.1, -0.05) is 27.7 Å². The molecule has 2 aliphatic heterocycles. The summed E-state index contributed by atoms with van der Waals surface area (Å²) in [6.45, 7) is 12.1. The summed E-state index contributed by atoms with van der Waals surface area (Å²) >= 11 is 0. The molecule has 0 amide bonds. The fourth-order valence-electron chi connectivity index (χ4n) is 5.11. The average molecular weight is 533 g/mol. The van der Waals surface area contributed by atoms with Crippen LogP contribution in [0.4, 0.5) is 11.8 Å². The maximum atomic E-state index is 6.11. The lowest BCUT2D eigenvalue weighted by molar-refractivity contribution is 0.0334. The minimum atomic E-state index is -0.252. The molecule has 3 atom stereocenters. The van der Waals surface area contributed by atoms with E-state index in [1.807, 2.05) is 37.6 Å². The first kappa shape index (κ1) is 27.3. The molecule has 10 nitrogen and oxygen atoms in total. The number of nitrogens with one attached hydrogen (secondary N) is 1. The second-order valence-electron chi connectivity index (χ2n) is 10.8. The summed E-state index contributed by atoms with van der Waals surface area (Å²) in [4.78, 5) is 30.9. The van der Waals surface area contributed by atoms with Gasteiger partial charge >= 0.3 is 0 Å². The van der Waals surface area contributed by atoms with Crippen molar-refractivity contribution in [3.63, 3.8) is 0 Å². The van der Waals surface area contributed by atoms with Gasteiger partial charge in [0.15, 0.2) is 5.82 Å². The topological polar surface area (TPSA) is 111 Å². The minimum Gasteiger partial charge on any atom is -0.381 e. The van der Waals surface area contributed by atoms with Gasteiger partial charge in [-0.25, -0.2) is 29.9 Å². The van der Waals surface area contributed by atoms with Crippen LogP contribution in [0.5, 0.6) is 0 Å². The molecule has 0 saturated carbocycles. The predicted octanol–water partition coefficient (Wildman–Crippen LogP) is 4.60. The van der Waals surface area contributed by atoms with Gasteiger partial charge in [0.1, 0.15) is 17.7 Å². The predicted molar refractivity (Wildman–Crippen MR) is 150 cm³/mol. The van der Waals surface area contributed by atoms with Gasteiger partial charge in [0, 0.05) is 80.1 Å². The summed E-state index contributed by atoms with van der Waals surface area (Å²) in [5.41, 5.74) is 3.04. The highest BCUT2D eigenvalue weighted by Crippen LogP contribution is 2.33. The Kier molecular flexibility index (Phi) is 8.62. The fraction of sp³-hybridized carbons (Fsp3) is 0.586. The summed E-state index contributed by atoms with van der Waals surface area (Å²) in [6.07, 6.45) is 5.45. The van der Waals surface area contributed by atoms with Crippen LogP contribution >= 0.6 is 0 Å². The van der Waals surface area contributed by atoms with Gasteiger partial charge in [-0.3, -0.25) is 0 Å². The van der Waals surface area contributed by atoms with Crippen LogP contribution in [-0.4, -0.2) is 69.9 Å². The summed E-state index contributed by atoms with van der Waals surface area (Å²) in [5, 5.41) is 3.15. The standard InChI is InChI=1S/C29H40N8O2/c1-18(2)24-16-26(30-5)36-28(34-24)25-17-37(12-15-39-25)29-32-11-7-23(35-29)20(4)19(3)22-6-10-31-27(33-22)21-8-13-38-14-9-21/h6-7,10-11,16,18-21,25H,8-9,12-15,17H2,1-5H3,(H,30,34,36). The summed E-state index contributed by atoms with van der Waals surface area (Å²) < 4.78 is 11.6. The van der Waals surface area contributed by atoms with Crippen molar-refractivity contribution < 1.29 is 9.47 Å². The van der Waals surface area contributed by atoms with E-state index in [1.165, 1.54) is 0 Å². The van der Waals surface area contributed by atoms with Gasteiger partial charge < -0.3 is 19.7 Å². The van der Waals surface area contributed by atoms with Crippen molar-refractivity contribution in [1.82, 2.24) is 29.9 Å². The molecule has 5 heterocycles. The normalized spacial score (nSPS) is 20.2. The van der Waals surface area contributed by atoms with Crippen molar-refractivity contribution in [2.75, 3.05) is 50.2 Å². The van der Waals surface area contributed by atoms with Crippen molar-refractivity contribution in [3.05, 3.63) is 59.3 Å². The smallest absolute Gasteiger partial charge is 0.225 e. The van der Waals surface area contributed by atoms with Crippen molar-refractivity contribution in [3.8, 4) is 0 Å². The molecule has 3 aromatic heterocycles. The van der Waals surface area contributed by atoms with Gasteiger partial charge in [0.2, 0.25) is 5.95 Å². The Morgan fingerprint density at radius 2 is 1.54 bits per heavy atom. The minimum absolute atomic E-state index is 0.158. The maximum absolute atomic E-state index is 6.11. The molecule has 1 N–H and O–H groups in total. The van der Waals surface area contributed by atoms with Crippen LogP contribution in [-0.2, 0) is 9.47 Å². The molecule has 2 saturated heterocycles. The molecule has 0 radical (unpaired) electrons. The van der Waals surface area contributed by atoms with Crippen LogP contribution in [0.25, 0.3) is 0 Å². The van der Waals surface area contributed by atoms with E-state index in [9.17, 15) is 0 Å². The number of hydrogen-bond acceptors (Lipinski definition) is 10. The molecule has 0 aliphatic carbocycles. The molecule has 2 fully saturated rings. The van der Waals surface area contributed by atoms with E-state index in [4.69, 9.17) is 29.4 Å². The third-order valence-corrected chi connectivity index (χ3v) is 7.88. The summed E-state index contributed by atoms with van der Waals surface area (Å²) in [5.74, 6) is 4.14. The van der Waals surface area contributed by atoms with Crippen molar-refractivity contribution in [1.29, 1.82) is 0 Å². The Morgan fingerprint density at radius 1 is 0.846 bits per heavy atom. The zero-order valence-corrected chi connectivity index (χ0v) is 23.7. The van der Waals surface area contributed by atoms with Gasteiger partial charge in [-0.2, -0.15) is 0 Å². The number of rotatable bonds is 8. The molecule has 2 aliphatic rings. The van der Waals surface area contributed by atoms with Crippen LogP contribution in [0, 0.1) is 0 Å². The van der Waals surface area contributed by atoms with E-state index in [-0.39, 0.29) is 17.9 Å². The Morgan fingerprint density at radius 3 is 2.26 bits per heavy atom. The average Bonchev–Trinajstić information content (AvgIpc) is 3.00. The molecule has 39 heavy (non-hydrogen) atoms. The van der Waals surface area contributed by atoms with Crippen LogP contribution < -0.4 is 10.2 Å². The lowest BCUT2D eigenvalue weighted by Gasteiger charge is -2.33. The number of morpholine rings is 1. The van der Waals surface area contributed by atoms with Crippen LogP contribution in [0.1, 0.15) is 99.0 Å². The molecule has 208 valence electrons. The maximum Gasteiger partial charge on any atom is 0.225 e. The number of anilines is 2. The molecule has 3 aromatic rings. The molecular weight excluding hydrogens is 492 g/mol. The van der Waals surface area contributed by atoms with Gasteiger partial charge in [-0.05, 0) is 30.9 Å². The number of nitrogens with zero attached hydrogens (tertiary/aromatic N) is 7. The Balaban J connectivity index is 1.32. The lowest BCUT2D eigenvalue weighted by atomic mass is 9.89. The quantitative estimate of drug-likeness (QED) is 0.442. The van der Waals surface area contributed by atoms with Crippen molar-refractivity contribution in [2.45, 2.75) is 70.3 Å². The van der Waals surface area contributed by atoms with Gasteiger partial charge in [-0.15, -0.1) is 0 Å². The van der Waals surface area contributed by atoms with Crippen molar-refractivity contribution >= 4 is 11.8 Å². The first-order valence-corrected chi connectivity index (χ1v) is 14.1. The highest BCUT2D eigenvalue weighted by Gasteiger charge is 2.28. The largest absolute Gasteiger partial charge is 0.381 e. The van der Waals surface area contributed by atoms with E-state index in [0.717, 1.165) is 54.8 Å². The third-order valence-electron chi connectivity index (χ3n) is 7.88. The van der Waals surface area contributed by atoms with E-state index in [2.05, 4.69) is 47.9 Å². The van der Waals surface area contributed by atoms with Crippen molar-refractivity contribution in [2.24, 2.45) is 0 Å². The molecule has 0 aromatic carbocycles. The van der Waals surface area contributed by atoms with Crippen LogP contribution in [0.15, 0.2) is 30.6 Å². The first-order chi connectivity index (χ1) is 18.9. The first-order valence-electron chi connectivity index (χ1n) is 14.1. The molecule has 3 unspecified atom stereocenters. The van der Waals surface area contributed by atoms with Gasteiger partial charge in [0.25, 0.3) is 0 Å². The van der Waals surface area contributed by atoms with E-state index in [0.29, 0.717) is 43.3 Å².